The van der Waals surface area contributed by atoms with E-state index in [1.807, 2.05) is 0 Å². The van der Waals surface area contributed by atoms with Crippen molar-refractivity contribution in [3.63, 3.8) is 0 Å². The Morgan fingerprint density at radius 1 is 0.870 bits per heavy atom. The van der Waals surface area contributed by atoms with Crippen LogP contribution in [-0.4, -0.2) is 45.8 Å². The number of benzene rings is 1. The number of carboxylic acid groups (broad SMARTS) is 3. The van der Waals surface area contributed by atoms with E-state index in [4.69, 9.17) is 38.5 Å². The third-order valence-electron chi connectivity index (χ3n) is 2.56. The van der Waals surface area contributed by atoms with Gasteiger partial charge in [0.1, 0.15) is 6.61 Å². The lowest BCUT2D eigenvalue weighted by molar-refractivity contribution is 0.0535. The van der Waals surface area contributed by atoms with E-state index in [0.717, 1.165) is 0 Å². The molecular formula is C13H8Cl2O8. The number of carbonyl (C=O) groups is 4. The van der Waals surface area contributed by atoms with Gasteiger partial charge in [-0.1, -0.05) is 35.9 Å². The van der Waals surface area contributed by atoms with E-state index in [9.17, 15) is 19.2 Å². The molecule has 0 radical (unpaired) electrons. The van der Waals surface area contributed by atoms with Crippen molar-refractivity contribution >= 4 is 47.1 Å². The largest absolute Gasteiger partial charge is 0.478 e. The predicted octanol–water partition coefficient (Wildman–Crippen LogP) is 2.43. The third kappa shape index (κ3) is 3.43. The molecule has 0 aliphatic rings. The van der Waals surface area contributed by atoms with E-state index in [1.54, 1.807) is 0 Å². The zero-order chi connectivity index (χ0) is 17.9. The Bertz CT molecular complexity index is 738. The number of esters is 1. The summed E-state index contributed by atoms with van der Waals surface area (Å²) in [6.45, 7) is 2.97. The Hall–Kier alpha value is -2.58. The fraction of sp³-hybridized carbons (Fsp3) is 0.0769. The first-order valence-corrected chi connectivity index (χ1v) is 6.43. The minimum atomic E-state index is -1.82. The Morgan fingerprint density at radius 2 is 1.22 bits per heavy atom. The van der Waals surface area contributed by atoms with Crippen LogP contribution in [0.5, 0.6) is 0 Å². The first-order valence-electron chi connectivity index (χ1n) is 5.67. The summed E-state index contributed by atoms with van der Waals surface area (Å²) < 4.78 is 4.64. The van der Waals surface area contributed by atoms with Gasteiger partial charge >= 0.3 is 23.9 Å². The van der Waals surface area contributed by atoms with E-state index in [2.05, 4.69) is 11.3 Å². The van der Waals surface area contributed by atoms with Gasteiger partial charge in [0.05, 0.1) is 32.3 Å². The summed E-state index contributed by atoms with van der Waals surface area (Å²) in [6.07, 6.45) is 1.18. The van der Waals surface area contributed by atoms with Gasteiger partial charge in [0.2, 0.25) is 0 Å². The molecule has 0 amide bonds. The van der Waals surface area contributed by atoms with Gasteiger partial charge < -0.3 is 20.1 Å². The highest BCUT2D eigenvalue weighted by atomic mass is 35.5. The number of carboxylic acids is 3. The second kappa shape index (κ2) is 7.12. The van der Waals surface area contributed by atoms with Crippen LogP contribution < -0.4 is 0 Å². The van der Waals surface area contributed by atoms with Crippen molar-refractivity contribution in [3.8, 4) is 0 Å². The average Bonchev–Trinajstić information content (AvgIpc) is 2.44. The molecule has 0 atom stereocenters. The molecule has 0 heterocycles. The van der Waals surface area contributed by atoms with E-state index in [1.165, 1.54) is 6.08 Å². The van der Waals surface area contributed by atoms with Crippen LogP contribution in [0.3, 0.4) is 0 Å². The second-order valence-corrected chi connectivity index (χ2v) is 4.69. The highest BCUT2D eigenvalue weighted by Crippen LogP contribution is 2.36. The summed E-state index contributed by atoms with van der Waals surface area (Å²) in [4.78, 5) is 45.7. The quantitative estimate of drug-likeness (QED) is 0.517. The van der Waals surface area contributed by atoms with Crippen molar-refractivity contribution in [3.05, 3.63) is 45.0 Å². The monoisotopic (exact) mass is 362 g/mol. The van der Waals surface area contributed by atoms with E-state index >= 15 is 0 Å². The summed E-state index contributed by atoms with van der Waals surface area (Å²) in [5, 5.41) is 25.5. The van der Waals surface area contributed by atoms with Gasteiger partial charge in [-0.15, -0.1) is 0 Å². The van der Waals surface area contributed by atoms with Gasteiger partial charge in [-0.2, -0.15) is 0 Å². The standard InChI is InChI=1S/C13H8Cl2O8/c1-2-3-23-13(22)7-6(12(20)21)8(14)4(10(16)17)5(9(7)15)11(18)19/h2H,1,3H2,(H,16,17)(H,18,19)(H,20,21). The molecule has 1 aromatic carbocycles. The van der Waals surface area contributed by atoms with Gasteiger partial charge in [-0.25, -0.2) is 19.2 Å². The van der Waals surface area contributed by atoms with Gasteiger partial charge in [0, 0.05) is 0 Å². The molecule has 0 unspecified atom stereocenters. The molecule has 0 spiro atoms. The Balaban J connectivity index is 3.91. The second-order valence-electron chi connectivity index (χ2n) is 3.93. The van der Waals surface area contributed by atoms with Crippen molar-refractivity contribution < 1.29 is 39.2 Å². The van der Waals surface area contributed by atoms with Crippen molar-refractivity contribution in [2.45, 2.75) is 0 Å². The minimum Gasteiger partial charge on any atom is -0.478 e. The molecule has 23 heavy (non-hydrogen) atoms. The number of carbonyl (C=O) groups excluding carboxylic acids is 1. The lowest BCUT2D eigenvalue weighted by Gasteiger charge is -2.14. The third-order valence-corrected chi connectivity index (χ3v) is 3.31. The molecule has 122 valence electrons. The zero-order valence-electron chi connectivity index (χ0n) is 11.1. The van der Waals surface area contributed by atoms with Crippen molar-refractivity contribution in [1.29, 1.82) is 0 Å². The van der Waals surface area contributed by atoms with Crippen LogP contribution in [0.25, 0.3) is 0 Å². The molecule has 1 aromatic rings. The SMILES string of the molecule is C=CCOC(=O)c1c(Cl)c(C(=O)O)c(C(=O)O)c(Cl)c1C(=O)O. The first kappa shape index (κ1) is 18.5. The summed E-state index contributed by atoms with van der Waals surface area (Å²) in [5.74, 6) is -6.68. The topological polar surface area (TPSA) is 138 Å². The molecule has 0 bridgehead atoms. The molecule has 10 heteroatoms. The summed E-state index contributed by atoms with van der Waals surface area (Å²) >= 11 is 11.4. The molecule has 0 aromatic heterocycles. The number of halogens is 2. The van der Waals surface area contributed by atoms with Gasteiger partial charge in [0.15, 0.2) is 0 Å². The van der Waals surface area contributed by atoms with Gasteiger partial charge in [-0.05, 0) is 0 Å². The molecule has 0 saturated carbocycles. The molecule has 8 nitrogen and oxygen atoms in total. The van der Waals surface area contributed by atoms with Crippen LogP contribution in [0.15, 0.2) is 12.7 Å². The first-order chi connectivity index (χ1) is 10.6. The van der Waals surface area contributed by atoms with Crippen molar-refractivity contribution in [2.24, 2.45) is 0 Å². The molecule has 0 aliphatic heterocycles. The zero-order valence-corrected chi connectivity index (χ0v) is 12.6. The number of ether oxygens (including phenoxy) is 1. The lowest BCUT2D eigenvalue weighted by Crippen LogP contribution is -2.20. The van der Waals surface area contributed by atoms with E-state index in [0.29, 0.717) is 0 Å². The number of hydrogen-bond donors (Lipinski definition) is 3. The molecule has 0 saturated heterocycles. The van der Waals surface area contributed by atoms with Crippen LogP contribution >= 0.6 is 23.2 Å². The van der Waals surface area contributed by atoms with Crippen LogP contribution in [0.4, 0.5) is 0 Å². The van der Waals surface area contributed by atoms with E-state index in [-0.39, 0.29) is 6.61 Å². The van der Waals surface area contributed by atoms with Crippen LogP contribution in [-0.2, 0) is 4.74 Å². The lowest BCUT2D eigenvalue weighted by atomic mass is 9.97. The number of aromatic carboxylic acids is 3. The molecule has 0 fully saturated rings. The van der Waals surface area contributed by atoms with Crippen LogP contribution in [0.1, 0.15) is 41.4 Å². The Morgan fingerprint density at radius 3 is 1.57 bits per heavy atom. The molecular weight excluding hydrogens is 355 g/mol. The highest BCUT2D eigenvalue weighted by Gasteiger charge is 2.35. The van der Waals surface area contributed by atoms with Crippen LogP contribution in [0, 0.1) is 0 Å². The number of hydrogen-bond acceptors (Lipinski definition) is 5. The average molecular weight is 363 g/mol. The maximum atomic E-state index is 11.9. The van der Waals surface area contributed by atoms with Gasteiger partial charge in [0.25, 0.3) is 0 Å². The fourth-order valence-electron chi connectivity index (χ4n) is 1.69. The Kier molecular flexibility index (Phi) is 5.72. The minimum absolute atomic E-state index is 0.311. The maximum Gasteiger partial charge on any atom is 0.340 e. The summed E-state index contributed by atoms with van der Waals surface area (Å²) in [7, 11) is 0. The fourth-order valence-corrected chi connectivity index (χ4v) is 2.39. The van der Waals surface area contributed by atoms with Gasteiger partial charge in [-0.3, -0.25) is 0 Å². The maximum absolute atomic E-state index is 11.9. The normalized spacial score (nSPS) is 10.0. The molecule has 3 N–H and O–H groups in total. The van der Waals surface area contributed by atoms with Crippen molar-refractivity contribution in [1.82, 2.24) is 0 Å². The highest BCUT2D eigenvalue weighted by molar-refractivity contribution is 6.43. The molecule has 0 aliphatic carbocycles. The Labute approximate surface area is 138 Å². The predicted molar refractivity (Wildman–Crippen MR) is 77.8 cm³/mol. The van der Waals surface area contributed by atoms with E-state index < -0.39 is 56.2 Å². The van der Waals surface area contributed by atoms with Crippen molar-refractivity contribution in [2.75, 3.05) is 6.61 Å². The van der Waals surface area contributed by atoms with Crippen LogP contribution in [0.2, 0.25) is 10.0 Å². The number of rotatable bonds is 6. The molecule has 1 rings (SSSR count). The smallest absolute Gasteiger partial charge is 0.340 e. The summed E-state index contributed by atoms with van der Waals surface area (Å²) in [6, 6.07) is 0. The summed E-state index contributed by atoms with van der Waals surface area (Å²) in [5.41, 5.74) is -3.87.